The van der Waals surface area contributed by atoms with Crippen LogP contribution >= 0.6 is 0 Å². The summed E-state index contributed by atoms with van der Waals surface area (Å²) in [5.74, 6) is 0.925. The summed E-state index contributed by atoms with van der Waals surface area (Å²) in [6.07, 6.45) is 1.08. The lowest BCUT2D eigenvalue weighted by atomic mass is 10.0. The molecule has 0 heterocycles. The minimum atomic E-state index is 0.248. The van der Waals surface area contributed by atoms with Crippen LogP contribution in [-0.2, 0) is 6.42 Å². The predicted molar refractivity (Wildman–Crippen MR) is 90.2 cm³/mol. The van der Waals surface area contributed by atoms with Crippen LogP contribution in [0.15, 0.2) is 42.5 Å². The molecule has 0 amide bonds. The summed E-state index contributed by atoms with van der Waals surface area (Å²) in [7, 11) is 0. The van der Waals surface area contributed by atoms with Crippen molar-refractivity contribution in [2.75, 3.05) is 11.9 Å². The van der Waals surface area contributed by atoms with E-state index in [0.717, 1.165) is 17.9 Å². The highest BCUT2D eigenvalue weighted by Crippen LogP contribution is 2.29. The molecule has 1 N–H and O–H groups in total. The maximum atomic E-state index is 5.73. The Labute approximate surface area is 128 Å². The zero-order chi connectivity index (χ0) is 15.2. The summed E-state index contributed by atoms with van der Waals surface area (Å²) in [5, 5.41) is 3.55. The minimum absolute atomic E-state index is 0.248. The zero-order valence-electron chi connectivity index (χ0n) is 13.4. The van der Waals surface area contributed by atoms with Gasteiger partial charge < -0.3 is 10.1 Å². The minimum Gasteiger partial charge on any atom is -0.492 e. The fourth-order valence-electron chi connectivity index (χ4n) is 2.38. The van der Waals surface area contributed by atoms with E-state index < -0.39 is 0 Å². The van der Waals surface area contributed by atoms with Gasteiger partial charge in [-0.15, -0.1) is 0 Å². The molecule has 0 saturated carbocycles. The van der Waals surface area contributed by atoms with Crippen LogP contribution in [0.25, 0.3) is 0 Å². The first kappa shape index (κ1) is 15.4. The predicted octanol–water partition coefficient (Wildman–Crippen LogP) is 5.13. The van der Waals surface area contributed by atoms with E-state index in [-0.39, 0.29) is 6.04 Å². The van der Waals surface area contributed by atoms with Crippen LogP contribution in [0.1, 0.15) is 43.5 Å². The SMILES string of the molecule is CCOc1cc(C)ccc1NC(C)c1ccc(CC)cc1. The van der Waals surface area contributed by atoms with Crippen molar-refractivity contribution in [3.8, 4) is 5.75 Å². The third-order valence-corrected chi connectivity index (χ3v) is 3.70. The molecule has 2 heteroatoms. The summed E-state index contributed by atoms with van der Waals surface area (Å²) in [6.45, 7) is 9.13. The monoisotopic (exact) mass is 283 g/mol. The molecule has 2 rings (SSSR count). The van der Waals surface area contributed by atoms with Crippen LogP contribution in [-0.4, -0.2) is 6.61 Å². The molecule has 0 bridgehead atoms. The molecule has 0 aliphatic carbocycles. The summed E-state index contributed by atoms with van der Waals surface area (Å²) in [4.78, 5) is 0. The van der Waals surface area contributed by atoms with Gasteiger partial charge in [0, 0.05) is 6.04 Å². The largest absolute Gasteiger partial charge is 0.492 e. The Hall–Kier alpha value is -1.96. The normalized spacial score (nSPS) is 12.0. The third kappa shape index (κ3) is 4.01. The van der Waals surface area contributed by atoms with Gasteiger partial charge in [-0.1, -0.05) is 37.3 Å². The van der Waals surface area contributed by atoms with Crippen molar-refractivity contribution in [3.63, 3.8) is 0 Å². The third-order valence-electron chi connectivity index (χ3n) is 3.70. The molecule has 0 aromatic heterocycles. The molecule has 0 radical (unpaired) electrons. The average Bonchev–Trinajstić information content (AvgIpc) is 2.50. The first-order chi connectivity index (χ1) is 10.1. The number of aryl methyl sites for hydroxylation is 2. The van der Waals surface area contributed by atoms with E-state index in [1.807, 2.05) is 6.92 Å². The number of rotatable bonds is 6. The standard InChI is InChI=1S/C19H25NO/c1-5-16-8-10-17(11-9-16)15(4)20-18-12-7-14(3)13-19(18)21-6-2/h7-13,15,20H,5-6H2,1-4H3. The maximum absolute atomic E-state index is 5.73. The van der Waals surface area contributed by atoms with Crippen molar-refractivity contribution >= 4 is 5.69 Å². The molecule has 0 aliphatic heterocycles. The Morgan fingerprint density at radius 2 is 1.76 bits per heavy atom. The lowest BCUT2D eigenvalue weighted by Gasteiger charge is -2.19. The van der Waals surface area contributed by atoms with Crippen molar-refractivity contribution in [3.05, 3.63) is 59.2 Å². The molecular weight excluding hydrogens is 258 g/mol. The number of nitrogens with one attached hydrogen (secondary N) is 1. The second-order valence-electron chi connectivity index (χ2n) is 5.39. The lowest BCUT2D eigenvalue weighted by molar-refractivity contribution is 0.341. The van der Waals surface area contributed by atoms with Crippen LogP contribution in [0, 0.1) is 6.92 Å². The summed E-state index contributed by atoms with van der Waals surface area (Å²) in [5.41, 5.74) is 4.92. The topological polar surface area (TPSA) is 21.3 Å². The smallest absolute Gasteiger partial charge is 0.142 e. The Morgan fingerprint density at radius 1 is 1.05 bits per heavy atom. The van der Waals surface area contributed by atoms with E-state index >= 15 is 0 Å². The van der Waals surface area contributed by atoms with Gasteiger partial charge in [0.25, 0.3) is 0 Å². The molecule has 0 spiro atoms. The number of hydrogen-bond donors (Lipinski definition) is 1. The Kier molecular flexibility index (Phi) is 5.26. The number of benzene rings is 2. The highest BCUT2D eigenvalue weighted by molar-refractivity contribution is 5.58. The molecule has 2 aromatic carbocycles. The van der Waals surface area contributed by atoms with E-state index in [2.05, 4.69) is 68.6 Å². The van der Waals surface area contributed by atoms with Gasteiger partial charge in [-0.05, 0) is 56.0 Å². The molecule has 21 heavy (non-hydrogen) atoms. The molecule has 2 nitrogen and oxygen atoms in total. The molecule has 0 saturated heterocycles. The van der Waals surface area contributed by atoms with Crippen LogP contribution < -0.4 is 10.1 Å². The van der Waals surface area contributed by atoms with Gasteiger partial charge in [0.1, 0.15) is 5.75 Å². The van der Waals surface area contributed by atoms with E-state index in [4.69, 9.17) is 4.74 Å². The van der Waals surface area contributed by atoms with Crippen LogP contribution in [0.4, 0.5) is 5.69 Å². The fourth-order valence-corrected chi connectivity index (χ4v) is 2.38. The molecular formula is C19H25NO. The molecule has 2 aromatic rings. The van der Waals surface area contributed by atoms with Gasteiger partial charge in [0.2, 0.25) is 0 Å². The van der Waals surface area contributed by atoms with Crippen molar-refractivity contribution in [2.45, 2.75) is 40.2 Å². The first-order valence-corrected chi connectivity index (χ1v) is 7.72. The molecule has 112 valence electrons. The quantitative estimate of drug-likeness (QED) is 0.793. The van der Waals surface area contributed by atoms with E-state index in [1.54, 1.807) is 0 Å². The molecule has 1 unspecified atom stereocenters. The number of ether oxygens (including phenoxy) is 1. The molecule has 0 aliphatic rings. The summed E-state index contributed by atoms with van der Waals surface area (Å²) >= 11 is 0. The van der Waals surface area contributed by atoms with Crippen LogP contribution in [0.2, 0.25) is 0 Å². The van der Waals surface area contributed by atoms with Gasteiger partial charge in [-0.3, -0.25) is 0 Å². The number of anilines is 1. The highest BCUT2D eigenvalue weighted by Gasteiger charge is 2.09. The van der Waals surface area contributed by atoms with Gasteiger partial charge in [-0.2, -0.15) is 0 Å². The summed E-state index contributed by atoms with van der Waals surface area (Å²) in [6, 6.07) is 15.3. The second-order valence-corrected chi connectivity index (χ2v) is 5.39. The van der Waals surface area contributed by atoms with Gasteiger partial charge in [0.05, 0.1) is 12.3 Å². The van der Waals surface area contributed by atoms with E-state index in [9.17, 15) is 0 Å². The van der Waals surface area contributed by atoms with Crippen LogP contribution in [0.3, 0.4) is 0 Å². The first-order valence-electron chi connectivity index (χ1n) is 7.72. The van der Waals surface area contributed by atoms with E-state index in [0.29, 0.717) is 6.61 Å². The Morgan fingerprint density at radius 3 is 2.38 bits per heavy atom. The zero-order valence-corrected chi connectivity index (χ0v) is 13.4. The Bertz CT molecular complexity index is 575. The summed E-state index contributed by atoms with van der Waals surface area (Å²) < 4.78 is 5.73. The highest BCUT2D eigenvalue weighted by atomic mass is 16.5. The van der Waals surface area contributed by atoms with Crippen molar-refractivity contribution < 1.29 is 4.74 Å². The lowest BCUT2D eigenvalue weighted by Crippen LogP contribution is -2.08. The fraction of sp³-hybridized carbons (Fsp3) is 0.368. The molecule has 1 atom stereocenters. The van der Waals surface area contributed by atoms with E-state index in [1.165, 1.54) is 16.7 Å². The van der Waals surface area contributed by atoms with Crippen molar-refractivity contribution in [2.24, 2.45) is 0 Å². The average molecular weight is 283 g/mol. The second kappa shape index (κ2) is 7.16. The maximum Gasteiger partial charge on any atom is 0.142 e. The van der Waals surface area contributed by atoms with Gasteiger partial charge in [0.15, 0.2) is 0 Å². The Balaban J connectivity index is 2.16. The number of hydrogen-bond acceptors (Lipinski definition) is 2. The van der Waals surface area contributed by atoms with Crippen molar-refractivity contribution in [1.82, 2.24) is 0 Å². The molecule has 0 fully saturated rings. The van der Waals surface area contributed by atoms with Crippen LogP contribution in [0.5, 0.6) is 5.75 Å². The van der Waals surface area contributed by atoms with Gasteiger partial charge >= 0.3 is 0 Å². The van der Waals surface area contributed by atoms with Crippen molar-refractivity contribution in [1.29, 1.82) is 0 Å². The van der Waals surface area contributed by atoms with Gasteiger partial charge in [-0.25, -0.2) is 0 Å².